The van der Waals surface area contributed by atoms with E-state index >= 15 is 0 Å². The maximum Gasteiger partial charge on any atom is 0.255 e. The van der Waals surface area contributed by atoms with Crippen molar-refractivity contribution in [1.82, 2.24) is 15.5 Å². The lowest BCUT2D eigenvalue weighted by atomic mass is 9.94. The van der Waals surface area contributed by atoms with Gasteiger partial charge in [0.2, 0.25) is 11.8 Å². The van der Waals surface area contributed by atoms with E-state index in [1.807, 2.05) is 19.2 Å². The molecule has 2 aliphatic heterocycles. The second-order valence-corrected chi connectivity index (χ2v) is 7.76. The summed E-state index contributed by atoms with van der Waals surface area (Å²) in [7, 11) is 4.08. The Kier molecular flexibility index (Phi) is 4.93. The van der Waals surface area contributed by atoms with E-state index in [1.54, 1.807) is 4.90 Å². The van der Waals surface area contributed by atoms with E-state index in [1.165, 1.54) is 0 Å². The molecule has 1 aromatic carbocycles. The first-order valence-electron chi connectivity index (χ1n) is 9.82. The highest BCUT2D eigenvalue weighted by Crippen LogP contribution is 2.32. The first-order valence-corrected chi connectivity index (χ1v) is 9.82. The lowest BCUT2D eigenvalue weighted by Crippen LogP contribution is -2.52. The fourth-order valence-corrected chi connectivity index (χ4v) is 4.51. The first kappa shape index (κ1) is 18.7. The molecule has 7 nitrogen and oxygen atoms in total. The van der Waals surface area contributed by atoms with Crippen molar-refractivity contribution < 1.29 is 14.4 Å². The third-order valence-electron chi connectivity index (χ3n) is 6.18. The molecule has 0 spiro atoms. The van der Waals surface area contributed by atoms with Crippen LogP contribution < -0.4 is 15.5 Å². The molecule has 3 atom stereocenters. The lowest BCUT2D eigenvalue weighted by Gasteiger charge is -2.37. The Bertz CT molecular complexity index is 850. The van der Waals surface area contributed by atoms with E-state index in [0.717, 1.165) is 24.1 Å². The molecule has 7 heteroatoms. The molecule has 0 bridgehead atoms. The average Bonchev–Trinajstić information content (AvgIpc) is 3.03. The van der Waals surface area contributed by atoms with Crippen molar-refractivity contribution in [3.05, 3.63) is 41.5 Å². The number of likely N-dealkylation sites (N-methyl/N-ethyl adjacent to an activating group) is 2. The van der Waals surface area contributed by atoms with Crippen LogP contribution in [-0.4, -0.2) is 54.8 Å². The first-order chi connectivity index (χ1) is 13.5. The van der Waals surface area contributed by atoms with Gasteiger partial charge in [0, 0.05) is 43.3 Å². The summed E-state index contributed by atoms with van der Waals surface area (Å²) in [5.41, 5.74) is 2.65. The standard InChI is InChI=1S/C21H26N4O3/c1-22-16-5-3-4-6-17(16)24(2)14-7-8-15-13(11-14)12-25(21(15)28)18-9-10-19(26)23-20(18)27/h3-4,7-8,11,16-18,22H,5-6,9-10,12H2,1-2H3,(H,23,26,27)/t16-,17+,18?/m1/s1. The third kappa shape index (κ3) is 3.20. The van der Waals surface area contributed by atoms with Gasteiger partial charge in [-0.15, -0.1) is 0 Å². The van der Waals surface area contributed by atoms with Gasteiger partial charge in [-0.1, -0.05) is 12.2 Å². The summed E-state index contributed by atoms with van der Waals surface area (Å²) in [6.07, 6.45) is 7.06. The van der Waals surface area contributed by atoms with Crippen molar-refractivity contribution in [2.45, 2.75) is 50.4 Å². The summed E-state index contributed by atoms with van der Waals surface area (Å²) in [4.78, 5) is 40.3. The molecule has 1 saturated heterocycles. The normalized spacial score (nSPS) is 27.0. The Labute approximate surface area is 164 Å². The van der Waals surface area contributed by atoms with Gasteiger partial charge in [-0.05, 0) is 50.1 Å². The second-order valence-electron chi connectivity index (χ2n) is 7.76. The quantitative estimate of drug-likeness (QED) is 0.604. The highest BCUT2D eigenvalue weighted by molar-refractivity contribution is 6.05. The van der Waals surface area contributed by atoms with E-state index in [2.05, 4.69) is 40.8 Å². The summed E-state index contributed by atoms with van der Waals surface area (Å²) in [6.45, 7) is 0.405. The van der Waals surface area contributed by atoms with Crippen LogP contribution in [0, 0.1) is 0 Å². The number of anilines is 1. The fourth-order valence-electron chi connectivity index (χ4n) is 4.51. The molecule has 4 rings (SSSR count). The molecule has 1 aromatic rings. The molecule has 1 aliphatic carbocycles. The number of rotatable bonds is 4. The largest absolute Gasteiger partial charge is 0.370 e. The highest BCUT2D eigenvalue weighted by atomic mass is 16.2. The van der Waals surface area contributed by atoms with Crippen LogP contribution in [0.4, 0.5) is 5.69 Å². The van der Waals surface area contributed by atoms with Crippen LogP contribution in [-0.2, 0) is 16.1 Å². The summed E-state index contributed by atoms with van der Waals surface area (Å²) in [5, 5.41) is 5.74. The number of fused-ring (bicyclic) bond motifs is 1. The zero-order chi connectivity index (χ0) is 19.8. The van der Waals surface area contributed by atoms with Crippen molar-refractivity contribution in [3.8, 4) is 0 Å². The SMILES string of the molecule is CN[C@@H]1CC=CC[C@@H]1N(C)c1ccc2c(c1)CN(C1CCC(=O)NC1=O)C2=O. The van der Waals surface area contributed by atoms with E-state index in [9.17, 15) is 14.4 Å². The smallest absolute Gasteiger partial charge is 0.255 e. The maximum absolute atomic E-state index is 12.8. The summed E-state index contributed by atoms with van der Waals surface area (Å²) < 4.78 is 0. The number of amides is 3. The monoisotopic (exact) mass is 382 g/mol. The minimum absolute atomic E-state index is 0.132. The van der Waals surface area contributed by atoms with E-state index < -0.39 is 6.04 Å². The minimum Gasteiger partial charge on any atom is -0.370 e. The van der Waals surface area contributed by atoms with Crippen molar-refractivity contribution >= 4 is 23.4 Å². The van der Waals surface area contributed by atoms with Crippen molar-refractivity contribution in [1.29, 1.82) is 0 Å². The number of nitrogens with one attached hydrogen (secondary N) is 2. The molecular weight excluding hydrogens is 356 g/mol. The average molecular weight is 382 g/mol. The fraction of sp³-hybridized carbons (Fsp3) is 0.476. The van der Waals surface area contributed by atoms with Crippen LogP contribution in [0.2, 0.25) is 0 Å². The van der Waals surface area contributed by atoms with Gasteiger partial charge < -0.3 is 15.1 Å². The number of carbonyl (C=O) groups is 3. The number of hydrogen-bond donors (Lipinski definition) is 2. The van der Waals surface area contributed by atoms with Crippen LogP contribution in [0.25, 0.3) is 0 Å². The number of piperidine rings is 1. The van der Waals surface area contributed by atoms with Gasteiger partial charge in [0.05, 0.1) is 0 Å². The number of carbonyl (C=O) groups excluding carboxylic acids is 3. The molecule has 2 heterocycles. The molecule has 1 unspecified atom stereocenters. The molecule has 0 radical (unpaired) electrons. The van der Waals surface area contributed by atoms with Crippen molar-refractivity contribution in [3.63, 3.8) is 0 Å². The van der Waals surface area contributed by atoms with E-state index in [-0.39, 0.29) is 24.1 Å². The van der Waals surface area contributed by atoms with Gasteiger partial charge >= 0.3 is 0 Å². The summed E-state index contributed by atoms with van der Waals surface area (Å²) in [5.74, 6) is -0.775. The highest BCUT2D eigenvalue weighted by Gasteiger charge is 2.39. The maximum atomic E-state index is 12.8. The molecular formula is C21H26N4O3. The zero-order valence-electron chi connectivity index (χ0n) is 16.3. The van der Waals surface area contributed by atoms with E-state index in [0.29, 0.717) is 30.6 Å². The number of nitrogens with zero attached hydrogens (tertiary/aromatic N) is 2. The van der Waals surface area contributed by atoms with Crippen LogP contribution in [0.15, 0.2) is 30.4 Å². The Morgan fingerprint density at radius 2 is 1.96 bits per heavy atom. The van der Waals surface area contributed by atoms with Crippen LogP contribution in [0.5, 0.6) is 0 Å². The Balaban J connectivity index is 1.54. The predicted octanol–water partition coefficient (Wildman–Crippen LogP) is 1.19. The number of hydrogen-bond acceptors (Lipinski definition) is 5. The van der Waals surface area contributed by atoms with Crippen LogP contribution in [0.3, 0.4) is 0 Å². The van der Waals surface area contributed by atoms with Gasteiger partial charge in [0.1, 0.15) is 6.04 Å². The number of benzene rings is 1. The Morgan fingerprint density at radius 1 is 1.18 bits per heavy atom. The van der Waals surface area contributed by atoms with Gasteiger partial charge in [0.15, 0.2) is 0 Å². The lowest BCUT2D eigenvalue weighted by molar-refractivity contribution is -0.136. The molecule has 2 N–H and O–H groups in total. The van der Waals surface area contributed by atoms with Gasteiger partial charge in [0.25, 0.3) is 5.91 Å². The molecule has 0 aromatic heterocycles. The molecule has 3 amide bonds. The van der Waals surface area contributed by atoms with Crippen molar-refractivity contribution in [2.75, 3.05) is 19.0 Å². The van der Waals surface area contributed by atoms with E-state index in [4.69, 9.17) is 0 Å². The summed E-state index contributed by atoms with van der Waals surface area (Å²) >= 11 is 0. The van der Waals surface area contributed by atoms with Crippen molar-refractivity contribution in [2.24, 2.45) is 0 Å². The molecule has 1 fully saturated rings. The van der Waals surface area contributed by atoms with Crippen LogP contribution >= 0.6 is 0 Å². The molecule has 3 aliphatic rings. The predicted molar refractivity (Wildman–Crippen MR) is 106 cm³/mol. The minimum atomic E-state index is -0.573. The Morgan fingerprint density at radius 3 is 2.71 bits per heavy atom. The zero-order valence-corrected chi connectivity index (χ0v) is 16.3. The topological polar surface area (TPSA) is 81.8 Å². The van der Waals surface area contributed by atoms with Gasteiger partial charge in [-0.2, -0.15) is 0 Å². The second kappa shape index (κ2) is 7.39. The molecule has 0 saturated carbocycles. The number of imide groups is 1. The molecule has 148 valence electrons. The van der Waals surface area contributed by atoms with Gasteiger partial charge in [-0.25, -0.2) is 0 Å². The van der Waals surface area contributed by atoms with Gasteiger partial charge in [-0.3, -0.25) is 19.7 Å². The Hall–Kier alpha value is -2.67. The van der Waals surface area contributed by atoms with Crippen LogP contribution in [0.1, 0.15) is 41.6 Å². The summed E-state index contributed by atoms with van der Waals surface area (Å²) in [6, 6.07) is 6.06. The molecule has 28 heavy (non-hydrogen) atoms. The third-order valence-corrected chi connectivity index (χ3v) is 6.18.